The number of benzene rings is 1. The largest absolute Gasteiger partial charge is 0.487 e. The lowest BCUT2D eigenvalue weighted by atomic mass is 9.94. The molecule has 156 valence electrons. The van der Waals surface area contributed by atoms with Gasteiger partial charge in [0.25, 0.3) is 0 Å². The summed E-state index contributed by atoms with van der Waals surface area (Å²) >= 11 is 0. The van der Waals surface area contributed by atoms with Crippen molar-refractivity contribution in [3.63, 3.8) is 0 Å². The molecule has 2 aromatic rings. The minimum atomic E-state index is -0.694. The van der Waals surface area contributed by atoms with E-state index in [9.17, 15) is 13.6 Å². The number of likely N-dealkylation sites (tertiary alicyclic amines) is 2. The number of nitrogens with zero attached hydrogens (tertiary/aromatic N) is 3. The molecule has 0 N–H and O–H groups in total. The second-order valence-electron chi connectivity index (χ2n) is 7.74. The van der Waals surface area contributed by atoms with Gasteiger partial charge in [0, 0.05) is 37.9 Å². The molecule has 0 atom stereocenters. The molecule has 1 aromatic carbocycles. The Morgan fingerprint density at radius 1 is 1.14 bits per heavy atom. The van der Waals surface area contributed by atoms with E-state index in [2.05, 4.69) is 9.88 Å². The number of aromatic nitrogens is 1. The van der Waals surface area contributed by atoms with Crippen LogP contribution >= 0.6 is 0 Å². The molecule has 1 amide bonds. The molecule has 0 aliphatic carbocycles. The first-order chi connectivity index (χ1) is 14.1. The lowest BCUT2D eigenvalue weighted by molar-refractivity contribution is -0.139. The first kappa shape index (κ1) is 19.8. The van der Waals surface area contributed by atoms with Gasteiger partial charge in [-0.05, 0) is 38.1 Å². The fourth-order valence-corrected chi connectivity index (χ4v) is 4.08. The first-order valence-corrected chi connectivity index (χ1v) is 10.1. The molecule has 6 nitrogen and oxygen atoms in total. The predicted octanol–water partition coefficient (Wildman–Crippen LogP) is 3.23. The van der Waals surface area contributed by atoms with E-state index in [1.807, 2.05) is 4.90 Å². The smallest absolute Gasteiger partial charge is 0.225 e. The number of hydrogen-bond acceptors (Lipinski definition) is 5. The second-order valence-corrected chi connectivity index (χ2v) is 7.74. The molecule has 4 rings (SSSR count). The average molecular weight is 405 g/mol. The maximum absolute atomic E-state index is 13.8. The Morgan fingerprint density at radius 2 is 1.90 bits per heavy atom. The van der Waals surface area contributed by atoms with E-state index >= 15 is 0 Å². The van der Waals surface area contributed by atoms with Crippen LogP contribution in [0.1, 0.15) is 31.4 Å². The van der Waals surface area contributed by atoms with Gasteiger partial charge >= 0.3 is 0 Å². The topological polar surface area (TPSA) is 58.8 Å². The lowest BCUT2D eigenvalue weighted by Gasteiger charge is -2.37. The average Bonchev–Trinajstić information content (AvgIpc) is 3.24. The van der Waals surface area contributed by atoms with Gasteiger partial charge in [0.15, 0.2) is 18.0 Å². The maximum atomic E-state index is 13.8. The van der Waals surface area contributed by atoms with E-state index < -0.39 is 11.6 Å². The van der Waals surface area contributed by atoms with Crippen LogP contribution in [-0.4, -0.2) is 53.0 Å². The van der Waals surface area contributed by atoms with Gasteiger partial charge in [0.1, 0.15) is 17.7 Å². The molecule has 2 aliphatic heterocycles. The van der Waals surface area contributed by atoms with Crippen LogP contribution in [0.4, 0.5) is 8.78 Å². The zero-order chi connectivity index (χ0) is 20.2. The van der Waals surface area contributed by atoms with Crippen LogP contribution < -0.4 is 4.74 Å². The number of rotatable bonds is 5. The Hall–Kier alpha value is -2.48. The molecule has 0 bridgehead atoms. The van der Waals surface area contributed by atoms with Crippen LogP contribution in [0.2, 0.25) is 0 Å². The Morgan fingerprint density at radius 3 is 2.55 bits per heavy atom. The molecular weight excluding hydrogens is 380 g/mol. The van der Waals surface area contributed by atoms with Crippen LogP contribution in [0.3, 0.4) is 0 Å². The summed E-state index contributed by atoms with van der Waals surface area (Å²) < 4.78 is 37.7. The Balaban J connectivity index is 1.22. The zero-order valence-electron chi connectivity index (χ0n) is 16.2. The molecule has 0 spiro atoms. The number of halogens is 2. The van der Waals surface area contributed by atoms with Crippen molar-refractivity contribution < 1.29 is 22.7 Å². The highest BCUT2D eigenvalue weighted by Crippen LogP contribution is 2.26. The fourth-order valence-electron chi connectivity index (χ4n) is 4.08. The van der Waals surface area contributed by atoms with Gasteiger partial charge in [-0.3, -0.25) is 9.69 Å². The molecule has 0 radical (unpaired) electrons. The Labute approximate surface area is 168 Å². The van der Waals surface area contributed by atoms with Crippen LogP contribution in [0.25, 0.3) is 0 Å². The molecule has 0 unspecified atom stereocenters. The monoisotopic (exact) mass is 405 g/mol. The van der Waals surface area contributed by atoms with Gasteiger partial charge in [0.05, 0.1) is 12.7 Å². The summed E-state index contributed by atoms with van der Waals surface area (Å²) in [5.41, 5.74) is 0. The molecule has 1 aromatic heterocycles. The highest BCUT2D eigenvalue weighted by atomic mass is 19.1. The molecule has 2 fully saturated rings. The standard InChI is InChI=1S/C21H25F2N3O3/c22-16-1-2-20(19(23)11-16)29-17-5-9-26(10-6-17)21(27)15-3-7-25(8-4-15)13-18-12-24-14-28-18/h1-2,11-12,14-15,17H,3-10,13H2. The SMILES string of the molecule is O=C(C1CCN(Cc2cnco2)CC1)N1CCC(Oc2ccc(F)cc2F)CC1. The number of ether oxygens (including phenoxy) is 1. The minimum Gasteiger partial charge on any atom is -0.487 e. The van der Waals surface area contributed by atoms with Crippen molar-refractivity contribution in [3.8, 4) is 5.75 Å². The lowest BCUT2D eigenvalue weighted by Crippen LogP contribution is -2.46. The van der Waals surface area contributed by atoms with Crippen LogP contribution in [0.15, 0.2) is 35.2 Å². The van der Waals surface area contributed by atoms with Gasteiger partial charge in [-0.2, -0.15) is 0 Å². The number of amides is 1. The molecule has 3 heterocycles. The van der Waals surface area contributed by atoms with Crippen molar-refractivity contribution in [1.29, 1.82) is 0 Å². The zero-order valence-corrected chi connectivity index (χ0v) is 16.2. The van der Waals surface area contributed by atoms with Crippen molar-refractivity contribution in [3.05, 3.63) is 48.2 Å². The van der Waals surface area contributed by atoms with E-state index in [-0.39, 0.29) is 23.7 Å². The molecule has 2 saturated heterocycles. The summed E-state index contributed by atoms with van der Waals surface area (Å²) in [6, 6.07) is 3.32. The summed E-state index contributed by atoms with van der Waals surface area (Å²) in [4.78, 5) is 21.0. The molecule has 0 saturated carbocycles. The highest BCUT2D eigenvalue weighted by Gasteiger charge is 2.31. The van der Waals surface area contributed by atoms with E-state index in [0.717, 1.165) is 44.3 Å². The maximum Gasteiger partial charge on any atom is 0.225 e. The molecular formula is C21H25F2N3O3. The van der Waals surface area contributed by atoms with Gasteiger partial charge in [-0.15, -0.1) is 0 Å². The fraction of sp³-hybridized carbons (Fsp3) is 0.524. The van der Waals surface area contributed by atoms with Gasteiger partial charge in [-0.25, -0.2) is 13.8 Å². The summed E-state index contributed by atoms with van der Waals surface area (Å²) in [7, 11) is 0. The minimum absolute atomic E-state index is 0.0491. The van der Waals surface area contributed by atoms with E-state index in [1.165, 1.54) is 18.5 Å². The van der Waals surface area contributed by atoms with E-state index in [0.29, 0.717) is 25.9 Å². The summed E-state index contributed by atoms with van der Waals surface area (Å²) in [6.45, 7) is 3.65. The van der Waals surface area contributed by atoms with Gasteiger partial charge in [0.2, 0.25) is 5.91 Å². The van der Waals surface area contributed by atoms with Crippen molar-refractivity contribution in [2.45, 2.75) is 38.3 Å². The van der Waals surface area contributed by atoms with Crippen LogP contribution in [-0.2, 0) is 11.3 Å². The summed E-state index contributed by atoms with van der Waals surface area (Å²) in [5, 5.41) is 0. The molecule has 2 aliphatic rings. The molecule has 8 heteroatoms. The van der Waals surface area contributed by atoms with Crippen LogP contribution in [0.5, 0.6) is 5.75 Å². The number of carbonyl (C=O) groups excluding carboxylic acids is 1. The van der Waals surface area contributed by atoms with Crippen molar-refractivity contribution >= 4 is 5.91 Å². The third kappa shape index (κ3) is 4.93. The third-order valence-electron chi connectivity index (χ3n) is 5.74. The van der Waals surface area contributed by atoms with Crippen molar-refractivity contribution in [1.82, 2.24) is 14.8 Å². The number of piperidine rings is 2. The third-order valence-corrected chi connectivity index (χ3v) is 5.74. The summed E-state index contributed by atoms with van der Waals surface area (Å²) in [6.07, 6.45) is 5.96. The quantitative estimate of drug-likeness (QED) is 0.765. The van der Waals surface area contributed by atoms with E-state index in [4.69, 9.17) is 9.15 Å². The Kier molecular flexibility index (Phi) is 6.08. The van der Waals surface area contributed by atoms with Gasteiger partial charge < -0.3 is 14.1 Å². The highest BCUT2D eigenvalue weighted by molar-refractivity contribution is 5.79. The number of oxazole rings is 1. The Bertz CT molecular complexity index is 815. The normalized spacial score (nSPS) is 19.4. The van der Waals surface area contributed by atoms with Gasteiger partial charge in [-0.1, -0.05) is 0 Å². The van der Waals surface area contributed by atoms with Crippen molar-refractivity contribution in [2.75, 3.05) is 26.2 Å². The predicted molar refractivity (Wildman–Crippen MR) is 101 cm³/mol. The van der Waals surface area contributed by atoms with Crippen LogP contribution in [0, 0.1) is 17.6 Å². The number of hydrogen-bond donors (Lipinski definition) is 0. The second kappa shape index (κ2) is 8.90. The molecule has 29 heavy (non-hydrogen) atoms. The van der Waals surface area contributed by atoms with Crippen molar-refractivity contribution in [2.24, 2.45) is 5.92 Å². The summed E-state index contributed by atoms with van der Waals surface area (Å²) in [5.74, 6) is -0.156. The van der Waals surface area contributed by atoms with E-state index in [1.54, 1.807) is 6.20 Å². The number of carbonyl (C=O) groups is 1. The first-order valence-electron chi connectivity index (χ1n) is 10.1.